The fourth-order valence-corrected chi connectivity index (χ4v) is 2.16. The van der Waals surface area contributed by atoms with Gasteiger partial charge in [0.2, 0.25) is 11.7 Å². The van der Waals surface area contributed by atoms with Crippen molar-refractivity contribution in [1.29, 1.82) is 0 Å². The average molecular weight is 291 g/mol. The number of halogens is 1. The van der Waals surface area contributed by atoms with Gasteiger partial charge in [-0.2, -0.15) is 4.98 Å². The summed E-state index contributed by atoms with van der Waals surface area (Å²) in [5.74, 6) is 1.92. The largest absolute Gasteiger partial charge is 0.485 e. The summed E-state index contributed by atoms with van der Waals surface area (Å²) in [4.78, 5) is 4.29. The molecular weight excluding hydrogens is 273 g/mol. The molecule has 5 nitrogen and oxygen atoms in total. The summed E-state index contributed by atoms with van der Waals surface area (Å²) in [6, 6.07) is 4.35. The lowest BCUT2D eigenvalue weighted by atomic mass is 10.1. The van der Waals surface area contributed by atoms with E-state index in [1.54, 1.807) is 6.07 Å². The van der Waals surface area contributed by atoms with Crippen LogP contribution in [0.25, 0.3) is 0 Å². The second-order valence-electron chi connectivity index (χ2n) is 5.55. The minimum Gasteiger partial charge on any atom is -0.485 e. The van der Waals surface area contributed by atoms with Crippen LogP contribution in [0.15, 0.2) is 22.7 Å². The van der Waals surface area contributed by atoms with Crippen LogP contribution in [0.3, 0.4) is 0 Å². The maximum atomic E-state index is 13.3. The molecule has 1 fully saturated rings. The molecule has 0 bridgehead atoms. The number of benzene rings is 1. The van der Waals surface area contributed by atoms with Gasteiger partial charge in [0.05, 0.1) is 0 Å². The maximum absolute atomic E-state index is 13.3. The molecule has 0 radical (unpaired) electrons. The smallest absolute Gasteiger partial charge is 0.229 e. The fraction of sp³-hybridized carbons (Fsp3) is 0.467. The van der Waals surface area contributed by atoms with Crippen LogP contribution < -0.4 is 10.5 Å². The summed E-state index contributed by atoms with van der Waals surface area (Å²) in [6.45, 7) is 2.07. The standard InChI is InChI=1S/C15H18FN3O2/c1-9(17)6-11-7-12(16)4-5-13(11)20-8-14-18-15(21-19-14)10-2-3-10/h4-5,7,9-10H,2-3,6,8,17H2,1H3. The van der Waals surface area contributed by atoms with Gasteiger partial charge < -0.3 is 15.0 Å². The molecule has 0 amide bonds. The lowest BCUT2D eigenvalue weighted by Crippen LogP contribution is -2.18. The quantitative estimate of drug-likeness (QED) is 0.885. The van der Waals surface area contributed by atoms with E-state index in [-0.39, 0.29) is 18.5 Å². The topological polar surface area (TPSA) is 74.2 Å². The molecule has 0 aliphatic heterocycles. The lowest BCUT2D eigenvalue weighted by molar-refractivity contribution is 0.281. The third kappa shape index (κ3) is 3.58. The molecule has 21 heavy (non-hydrogen) atoms. The molecule has 1 atom stereocenters. The van der Waals surface area contributed by atoms with Crippen molar-refractivity contribution in [3.63, 3.8) is 0 Å². The molecule has 2 N–H and O–H groups in total. The minimum atomic E-state index is -0.298. The van der Waals surface area contributed by atoms with Gasteiger partial charge in [0.1, 0.15) is 11.6 Å². The van der Waals surface area contributed by atoms with Crippen molar-refractivity contribution in [3.8, 4) is 5.75 Å². The van der Waals surface area contributed by atoms with Gasteiger partial charge in [-0.3, -0.25) is 0 Å². The van der Waals surface area contributed by atoms with Crippen molar-refractivity contribution in [2.24, 2.45) is 5.73 Å². The first kappa shape index (κ1) is 14.0. The molecule has 0 spiro atoms. The molecule has 1 aliphatic rings. The molecule has 6 heteroatoms. The molecule has 0 saturated heterocycles. The molecular formula is C15H18FN3O2. The molecule has 1 aromatic heterocycles. The molecule has 1 aliphatic carbocycles. The van der Waals surface area contributed by atoms with Crippen LogP contribution in [0.2, 0.25) is 0 Å². The van der Waals surface area contributed by atoms with E-state index < -0.39 is 0 Å². The number of nitrogens with zero attached hydrogens (tertiary/aromatic N) is 2. The monoisotopic (exact) mass is 291 g/mol. The Balaban J connectivity index is 1.68. The van der Waals surface area contributed by atoms with Crippen molar-refractivity contribution in [1.82, 2.24) is 10.1 Å². The minimum absolute atomic E-state index is 0.0687. The molecule has 1 heterocycles. The number of aromatic nitrogens is 2. The van der Waals surface area contributed by atoms with Gasteiger partial charge in [-0.15, -0.1) is 0 Å². The summed E-state index contributed by atoms with van der Waals surface area (Å²) in [5, 5.41) is 3.89. The number of ether oxygens (including phenoxy) is 1. The van der Waals surface area contributed by atoms with Gasteiger partial charge in [-0.25, -0.2) is 4.39 Å². The van der Waals surface area contributed by atoms with Crippen molar-refractivity contribution < 1.29 is 13.7 Å². The fourth-order valence-electron chi connectivity index (χ4n) is 2.16. The second kappa shape index (κ2) is 5.81. The van der Waals surface area contributed by atoms with E-state index in [0.29, 0.717) is 29.8 Å². The third-order valence-corrected chi connectivity index (χ3v) is 3.33. The number of rotatable bonds is 6. The Morgan fingerprint density at radius 1 is 1.48 bits per heavy atom. The summed E-state index contributed by atoms with van der Waals surface area (Å²) >= 11 is 0. The van der Waals surface area contributed by atoms with Crippen molar-refractivity contribution in [3.05, 3.63) is 41.3 Å². The highest BCUT2D eigenvalue weighted by Crippen LogP contribution is 2.38. The van der Waals surface area contributed by atoms with Crippen LogP contribution in [-0.4, -0.2) is 16.2 Å². The molecule has 2 aromatic rings. The third-order valence-electron chi connectivity index (χ3n) is 3.33. The van der Waals surface area contributed by atoms with Crippen LogP contribution in [0, 0.1) is 5.82 Å². The Morgan fingerprint density at radius 3 is 3.00 bits per heavy atom. The molecule has 3 rings (SSSR count). The zero-order chi connectivity index (χ0) is 14.8. The van der Waals surface area contributed by atoms with Gasteiger partial charge >= 0.3 is 0 Å². The zero-order valence-electron chi connectivity index (χ0n) is 11.9. The summed E-state index contributed by atoms with van der Waals surface area (Å²) in [7, 11) is 0. The number of hydrogen-bond donors (Lipinski definition) is 1. The van der Waals surface area contributed by atoms with Gasteiger partial charge in [0.15, 0.2) is 6.61 Å². The lowest BCUT2D eigenvalue weighted by Gasteiger charge is -2.12. The van der Waals surface area contributed by atoms with Crippen molar-refractivity contribution in [2.45, 2.75) is 44.8 Å². The number of hydrogen-bond acceptors (Lipinski definition) is 5. The normalized spacial score (nSPS) is 16.0. The van der Waals surface area contributed by atoms with Gasteiger partial charge in [0, 0.05) is 12.0 Å². The molecule has 1 unspecified atom stereocenters. The van der Waals surface area contributed by atoms with Crippen LogP contribution in [0.5, 0.6) is 5.75 Å². The predicted octanol–water partition coefficient (Wildman–Crippen LogP) is 2.55. The second-order valence-corrected chi connectivity index (χ2v) is 5.55. The number of nitrogens with two attached hydrogens (primary N) is 1. The molecule has 112 valence electrons. The zero-order valence-corrected chi connectivity index (χ0v) is 11.9. The summed E-state index contributed by atoms with van der Waals surface area (Å²) < 4.78 is 24.2. The highest BCUT2D eigenvalue weighted by atomic mass is 19.1. The summed E-state index contributed by atoms with van der Waals surface area (Å²) in [5.41, 5.74) is 6.52. The molecule has 1 saturated carbocycles. The first-order valence-corrected chi connectivity index (χ1v) is 7.11. The Labute approximate surface area is 122 Å². The first-order chi connectivity index (χ1) is 10.1. The van der Waals surface area contributed by atoms with E-state index in [4.69, 9.17) is 15.0 Å². The van der Waals surface area contributed by atoms with E-state index in [2.05, 4.69) is 10.1 Å². The highest BCUT2D eigenvalue weighted by molar-refractivity contribution is 5.34. The Kier molecular flexibility index (Phi) is 3.88. The van der Waals surface area contributed by atoms with Crippen LogP contribution in [-0.2, 0) is 13.0 Å². The maximum Gasteiger partial charge on any atom is 0.229 e. The SMILES string of the molecule is CC(N)Cc1cc(F)ccc1OCc1noc(C2CC2)n1. The van der Waals surface area contributed by atoms with Gasteiger partial charge in [-0.05, 0) is 49.9 Å². The van der Waals surface area contributed by atoms with Crippen LogP contribution in [0.4, 0.5) is 4.39 Å². The Morgan fingerprint density at radius 2 is 2.29 bits per heavy atom. The van der Waals surface area contributed by atoms with Crippen molar-refractivity contribution >= 4 is 0 Å². The Bertz CT molecular complexity index is 623. The van der Waals surface area contributed by atoms with E-state index in [0.717, 1.165) is 18.4 Å². The average Bonchev–Trinajstić information content (AvgIpc) is 3.17. The highest BCUT2D eigenvalue weighted by Gasteiger charge is 2.29. The van der Waals surface area contributed by atoms with Crippen LogP contribution in [0.1, 0.15) is 43.0 Å². The summed E-state index contributed by atoms with van der Waals surface area (Å²) in [6.07, 6.45) is 2.77. The van der Waals surface area contributed by atoms with E-state index in [9.17, 15) is 4.39 Å². The van der Waals surface area contributed by atoms with E-state index in [1.165, 1.54) is 12.1 Å². The first-order valence-electron chi connectivity index (χ1n) is 7.11. The van der Waals surface area contributed by atoms with E-state index in [1.807, 2.05) is 6.92 Å². The molecule has 1 aromatic carbocycles. The van der Waals surface area contributed by atoms with Crippen molar-refractivity contribution in [2.75, 3.05) is 0 Å². The predicted molar refractivity (Wildman–Crippen MR) is 74.4 cm³/mol. The Hall–Kier alpha value is -1.95. The van der Waals surface area contributed by atoms with Crippen LogP contribution >= 0.6 is 0 Å². The van der Waals surface area contributed by atoms with E-state index >= 15 is 0 Å². The van der Waals surface area contributed by atoms with Gasteiger partial charge in [0.25, 0.3) is 0 Å². The van der Waals surface area contributed by atoms with Gasteiger partial charge in [-0.1, -0.05) is 5.16 Å².